The van der Waals surface area contributed by atoms with E-state index in [0.29, 0.717) is 31.2 Å². The average Bonchev–Trinajstić information content (AvgIpc) is 3.09. The number of hydrogen-bond acceptors (Lipinski definition) is 5. The number of benzene rings is 4. The molecule has 4 atom stereocenters. The van der Waals surface area contributed by atoms with Gasteiger partial charge in [-0.15, -0.1) is 0 Å². The molecule has 4 aromatic rings. The number of halogens is 5. The van der Waals surface area contributed by atoms with Crippen molar-refractivity contribution >= 4 is 41.8 Å². The van der Waals surface area contributed by atoms with Crippen molar-refractivity contribution in [2.75, 3.05) is 0 Å². The summed E-state index contributed by atoms with van der Waals surface area (Å²) < 4.78 is 112. The van der Waals surface area contributed by atoms with Gasteiger partial charge in [-0.3, -0.25) is 4.79 Å². The molecule has 0 N–H and O–H groups in total. The molecule has 7 nitrogen and oxygen atoms in total. The fraction of sp³-hybridized carbons (Fsp3) is 0.359. The van der Waals surface area contributed by atoms with Crippen LogP contribution in [0.2, 0.25) is 0 Å². The van der Waals surface area contributed by atoms with E-state index in [9.17, 15) is 39.2 Å². The van der Waals surface area contributed by atoms with Gasteiger partial charge >= 0.3 is 0 Å². The van der Waals surface area contributed by atoms with Crippen molar-refractivity contribution in [3.63, 3.8) is 0 Å². The minimum atomic E-state index is -3.73. The topological polar surface area (TPSA) is 91.8 Å². The highest BCUT2D eigenvalue weighted by atomic mass is 79.9. The van der Waals surface area contributed by atoms with E-state index in [1.807, 2.05) is 12.1 Å². The SMILES string of the molecule is CC(=O)Cc1cc(F)c(CN2[C@@H](C)CC[C@H](c3ccccc3)S2(=O)=O)cc1F.C[C@H]1CC[C@H](c2ccccc2)S(=O)(=O)N1Cc1cc(F)c(Br)cc1F. The van der Waals surface area contributed by atoms with E-state index in [1.54, 1.807) is 62.4 Å². The van der Waals surface area contributed by atoms with E-state index in [2.05, 4.69) is 15.9 Å². The third-order valence-corrected chi connectivity index (χ3v) is 15.1. The van der Waals surface area contributed by atoms with Gasteiger partial charge in [0.25, 0.3) is 0 Å². The van der Waals surface area contributed by atoms with Crippen LogP contribution < -0.4 is 0 Å². The summed E-state index contributed by atoms with van der Waals surface area (Å²) in [5.41, 5.74) is 1.40. The van der Waals surface area contributed by atoms with Gasteiger partial charge in [-0.25, -0.2) is 34.4 Å². The maximum atomic E-state index is 14.5. The quantitative estimate of drug-likeness (QED) is 0.131. The van der Waals surface area contributed by atoms with Crippen molar-refractivity contribution < 1.29 is 39.2 Å². The lowest BCUT2D eigenvalue weighted by Crippen LogP contribution is -2.44. The molecule has 2 heterocycles. The van der Waals surface area contributed by atoms with Crippen LogP contribution in [0.5, 0.6) is 0 Å². The molecule has 284 valence electrons. The van der Waals surface area contributed by atoms with Crippen LogP contribution in [0.15, 0.2) is 89.4 Å². The van der Waals surface area contributed by atoms with Gasteiger partial charge in [0, 0.05) is 42.7 Å². The molecular formula is C39H41BrF4N2O5S2. The summed E-state index contributed by atoms with van der Waals surface area (Å²) >= 11 is 2.93. The van der Waals surface area contributed by atoms with Gasteiger partial charge in [-0.05, 0) is 103 Å². The van der Waals surface area contributed by atoms with Crippen LogP contribution in [0.4, 0.5) is 17.6 Å². The van der Waals surface area contributed by atoms with Crippen molar-refractivity contribution in [3.05, 3.63) is 140 Å². The average molecular weight is 838 g/mol. The molecule has 6 rings (SSSR count). The largest absolute Gasteiger partial charge is 0.300 e. The van der Waals surface area contributed by atoms with Crippen molar-refractivity contribution in [1.82, 2.24) is 8.61 Å². The molecule has 2 aliphatic heterocycles. The van der Waals surface area contributed by atoms with Gasteiger partial charge in [-0.2, -0.15) is 8.61 Å². The summed E-state index contributed by atoms with van der Waals surface area (Å²) in [5.74, 6) is -2.92. The molecule has 53 heavy (non-hydrogen) atoms. The second-order valence-electron chi connectivity index (χ2n) is 13.6. The summed E-state index contributed by atoms with van der Waals surface area (Å²) in [5, 5.41) is -1.36. The van der Waals surface area contributed by atoms with Crippen molar-refractivity contribution in [1.29, 1.82) is 0 Å². The second kappa shape index (κ2) is 16.9. The second-order valence-corrected chi connectivity index (χ2v) is 18.6. The van der Waals surface area contributed by atoms with Gasteiger partial charge in [0.15, 0.2) is 0 Å². The minimum absolute atomic E-state index is 0.0189. The van der Waals surface area contributed by atoms with Gasteiger partial charge < -0.3 is 0 Å². The molecule has 2 saturated heterocycles. The summed E-state index contributed by atoms with van der Waals surface area (Å²) in [6.07, 6.45) is 2.10. The van der Waals surface area contributed by atoms with E-state index in [0.717, 1.165) is 29.8 Å². The molecule has 0 aromatic heterocycles. The van der Waals surface area contributed by atoms with Crippen LogP contribution in [0.25, 0.3) is 0 Å². The Balaban J connectivity index is 0.000000206. The number of rotatable bonds is 8. The van der Waals surface area contributed by atoms with E-state index in [1.165, 1.54) is 15.5 Å². The summed E-state index contributed by atoms with van der Waals surface area (Å²) in [4.78, 5) is 11.2. The zero-order valence-corrected chi connectivity index (χ0v) is 32.7. The molecule has 2 fully saturated rings. The number of carbonyl (C=O) groups excluding carboxylic acids is 1. The Morgan fingerprint density at radius 1 is 0.623 bits per heavy atom. The Bertz CT molecular complexity index is 2160. The first kappa shape index (κ1) is 40.7. The molecule has 0 aliphatic carbocycles. The first-order valence-electron chi connectivity index (χ1n) is 17.2. The molecule has 0 amide bonds. The summed E-state index contributed by atoms with van der Waals surface area (Å²) in [6.45, 7) is 4.46. The third kappa shape index (κ3) is 9.27. The molecule has 0 saturated carbocycles. The van der Waals surface area contributed by atoms with Gasteiger partial charge in [0.2, 0.25) is 20.0 Å². The predicted octanol–water partition coefficient (Wildman–Crippen LogP) is 8.93. The molecule has 0 unspecified atom stereocenters. The maximum Gasteiger partial charge on any atom is 0.221 e. The number of carbonyl (C=O) groups is 1. The van der Waals surface area contributed by atoms with E-state index >= 15 is 0 Å². The van der Waals surface area contributed by atoms with Crippen molar-refractivity contribution in [2.24, 2.45) is 0 Å². The Morgan fingerprint density at radius 2 is 1.00 bits per heavy atom. The van der Waals surface area contributed by atoms with Crippen LogP contribution in [-0.2, 0) is 44.4 Å². The fourth-order valence-electron chi connectivity index (χ4n) is 6.88. The van der Waals surface area contributed by atoms with E-state index in [-0.39, 0.29) is 58.5 Å². The predicted molar refractivity (Wildman–Crippen MR) is 199 cm³/mol. The third-order valence-electron chi connectivity index (χ3n) is 9.79. The molecule has 2 aliphatic rings. The monoisotopic (exact) mass is 836 g/mol. The Kier molecular flexibility index (Phi) is 13.0. The van der Waals surface area contributed by atoms with E-state index < -0.39 is 53.8 Å². The smallest absolute Gasteiger partial charge is 0.221 e. The number of hydrogen-bond donors (Lipinski definition) is 0. The zero-order chi connectivity index (χ0) is 38.7. The van der Waals surface area contributed by atoms with Crippen LogP contribution in [0.1, 0.15) is 84.8 Å². The number of ketones is 1. The maximum absolute atomic E-state index is 14.5. The molecule has 14 heteroatoms. The molecule has 4 aromatic carbocycles. The standard InChI is InChI=1S/C21H23F2NO3S.C18H18BrF2NO2S/c1-14-8-9-21(16-6-4-3-5-7-16)28(26,27)24(14)13-18-12-19(22)17(10-15(2)25)11-20(18)23;1-12-7-8-18(13-5-3-2-4-6-13)25(23,24)22(12)11-14-9-17(21)15(19)10-16(14)20/h3-7,11-12,14,21H,8-10,13H2,1-2H3;2-6,9-10,12,18H,7-8,11H2,1H3/t14-,21+;12-,18+/m00/s1. The molecular weight excluding hydrogens is 796 g/mol. The van der Waals surface area contributed by atoms with Gasteiger partial charge in [0.05, 0.1) is 4.47 Å². The first-order chi connectivity index (χ1) is 25.0. The Morgan fingerprint density at radius 3 is 1.43 bits per heavy atom. The lowest BCUT2D eigenvalue weighted by Gasteiger charge is -2.37. The van der Waals surface area contributed by atoms with Crippen LogP contribution in [0, 0.1) is 23.3 Å². The summed E-state index contributed by atoms with van der Waals surface area (Å²) in [6, 6.07) is 21.4. The van der Waals surface area contributed by atoms with Crippen molar-refractivity contribution in [3.8, 4) is 0 Å². The molecule has 0 radical (unpaired) electrons. The highest BCUT2D eigenvalue weighted by molar-refractivity contribution is 9.10. The zero-order valence-electron chi connectivity index (χ0n) is 29.5. The number of nitrogens with zero attached hydrogens (tertiary/aromatic N) is 2. The molecule has 0 spiro atoms. The van der Waals surface area contributed by atoms with Crippen LogP contribution in [0.3, 0.4) is 0 Å². The highest BCUT2D eigenvalue weighted by Crippen LogP contribution is 2.40. The lowest BCUT2D eigenvalue weighted by atomic mass is 10.0. The first-order valence-corrected chi connectivity index (χ1v) is 21.0. The molecule has 0 bridgehead atoms. The fourth-order valence-corrected chi connectivity index (χ4v) is 11.6. The lowest BCUT2D eigenvalue weighted by molar-refractivity contribution is -0.116. The summed E-state index contributed by atoms with van der Waals surface area (Å²) in [7, 11) is -7.41. The van der Waals surface area contributed by atoms with Gasteiger partial charge in [0.1, 0.15) is 39.6 Å². The van der Waals surface area contributed by atoms with Crippen molar-refractivity contribution in [2.45, 2.75) is 88.5 Å². The van der Waals surface area contributed by atoms with Gasteiger partial charge in [-0.1, -0.05) is 60.7 Å². The Labute approximate surface area is 317 Å². The number of sulfonamides is 2. The Hall–Kier alpha value is -3.43. The van der Waals surface area contributed by atoms with Crippen LogP contribution in [-0.4, -0.2) is 43.3 Å². The normalized spacial score (nSPS) is 22.8. The van der Waals surface area contributed by atoms with Crippen LogP contribution >= 0.6 is 15.9 Å². The van der Waals surface area contributed by atoms with E-state index in [4.69, 9.17) is 0 Å². The highest BCUT2D eigenvalue weighted by Gasteiger charge is 2.42. The number of Topliss-reactive ketones (excluding diaryl/α,β-unsaturated/α-hetero) is 1. The minimum Gasteiger partial charge on any atom is -0.300 e.